The molecule has 0 saturated heterocycles. The summed E-state index contributed by atoms with van der Waals surface area (Å²) in [6.45, 7) is 0.0643. The minimum atomic E-state index is 0.0643. The van der Waals surface area contributed by atoms with Crippen LogP contribution in [0.15, 0.2) is 12.4 Å². The van der Waals surface area contributed by atoms with E-state index in [-0.39, 0.29) is 6.61 Å². The van der Waals surface area contributed by atoms with Crippen LogP contribution in [-0.2, 0) is 20.7 Å². The van der Waals surface area contributed by atoms with Crippen LogP contribution in [0.1, 0.15) is 16.2 Å². The lowest BCUT2D eigenvalue weighted by Gasteiger charge is -1.94. The predicted molar refractivity (Wildman–Crippen MR) is 83.2 cm³/mol. The number of aryl methyl sites for hydroxylation is 2. The van der Waals surface area contributed by atoms with E-state index in [0.29, 0.717) is 5.69 Å². The third-order valence-corrected chi connectivity index (χ3v) is 3.94. The molecule has 0 bridgehead atoms. The summed E-state index contributed by atoms with van der Waals surface area (Å²) in [4.78, 5) is 10.2. The molecule has 0 spiro atoms. The highest BCUT2D eigenvalue weighted by Crippen LogP contribution is 2.09. The molecule has 0 atom stereocenters. The van der Waals surface area contributed by atoms with E-state index in [2.05, 4.69) is 55.4 Å². The zero-order chi connectivity index (χ0) is 13.7. The van der Waals surface area contributed by atoms with E-state index in [4.69, 9.17) is 5.11 Å². The van der Waals surface area contributed by atoms with Gasteiger partial charge in [0.25, 0.3) is 0 Å². The topological polar surface area (TPSA) is 72.9 Å². The predicted octanol–water partition coefficient (Wildman–Crippen LogP) is 1.35. The van der Waals surface area contributed by atoms with Crippen LogP contribution in [0.4, 0.5) is 0 Å². The molecule has 0 fully saturated rings. The van der Waals surface area contributed by atoms with Gasteiger partial charge in [-0.15, -0.1) is 0 Å². The van der Waals surface area contributed by atoms with Crippen molar-refractivity contribution in [1.82, 2.24) is 19.6 Å². The second-order valence-corrected chi connectivity index (χ2v) is 5.66. The van der Waals surface area contributed by atoms with Crippen molar-refractivity contribution in [3.8, 4) is 0 Å². The zero-order valence-corrected chi connectivity index (χ0v) is 14.2. The van der Waals surface area contributed by atoms with E-state index in [1.165, 1.54) is 0 Å². The number of nitrogens with zero attached hydrogens (tertiary/aromatic N) is 4. The molecular weight excluding hydrogens is 462 g/mol. The van der Waals surface area contributed by atoms with Crippen LogP contribution in [0.2, 0.25) is 0 Å². The minimum absolute atomic E-state index is 0.0643. The molecule has 2 heterocycles. The maximum absolute atomic E-state index is 10.2. The Morgan fingerprint density at radius 2 is 1.78 bits per heavy atom. The van der Waals surface area contributed by atoms with Crippen molar-refractivity contribution in [3.05, 3.63) is 30.9 Å². The zero-order valence-electron chi connectivity index (χ0n) is 9.84. The van der Waals surface area contributed by atoms with Crippen molar-refractivity contribution in [3.63, 3.8) is 0 Å². The van der Waals surface area contributed by atoms with E-state index in [1.54, 1.807) is 28.8 Å². The van der Waals surface area contributed by atoms with Crippen LogP contribution in [-0.4, -0.2) is 31.0 Å². The molecule has 0 aliphatic heterocycles. The minimum Gasteiger partial charge on any atom is -0.390 e. The molecule has 18 heavy (non-hydrogen) atoms. The number of hydrogen-bond donors (Lipinski definition) is 1. The third kappa shape index (κ3) is 3.75. The number of aliphatic hydroxyl groups is 1. The first-order valence-electron chi connectivity index (χ1n) is 4.91. The molecule has 0 aliphatic carbocycles. The molecule has 0 aromatic carbocycles. The van der Waals surface area contributed by atoms with Crippen molar-refractivity contribution in [2.24, 2.45) is 14.1 Å². The van der Waals surface area contributed by atoms with Gasteiger partial charge in [-0.1, -0.05) is 0 Å². The highest BCUT2D eigenvalue weighted by atomic mass is 127. The summed E-state index contributed by atoms with van der Waals surface area (Å²) in [7, 11) is 3.56. The summed E-state index contributed by atoms with van der Waals surface area (Å²) in [5, 5.41) is 16.5. The van der Waals surface area contributed by atoms with Crippen LogP contribution >= 0.6 is 45.2 Å². The first-order chi connectivity index (χ1) is 8.51. The Morgan fingerprint density at radius 3 is 2.00 bits per heavy atom. The Balaban J connectivity index is 0.000000180. The summed E-state index contributed by atoms with van der Waals surface area (Å²) < 4.78 is 5.12. The number of halogens is 2. The number of aromatic nitrogens is 4. The summed E-state index contributed by atoms with van der Waals surface area (Å²) >= 11 is 4.20. The fourth-order valence-electron chi connectivity index (χ4n) is 1.17. The molecule has 2 aromatic heterocycles. The molecule has 0 radical (unpaired) electrons. The van der Waals surface area contributed by atoms with Gasteiger partial charge < -0.3 is 5.11 Å². The van der Waals surface area contributed by atoms with Gasteiger partial charge in [-0.3, -0.25) is 14.2 Å². The van der Waals surface area contributed by atoms with Gasteiger partial charge in [-0.2, -0.15) is 10.2 Å². The number of hydrogen-bond acceptors (Lipinski definition) is 4. The number of rotatable bonds is 2. The van der Waals surface area contributed by atoms with Crippen molar-refractivity contribution in [1.29, 1.82) is 0 Å². The average Bonchev–Trinajstić information content (AvgIpc) is 2.83. The first-order valence-corrected chi connectivity index (χ1v) is 7.07. The van der Waals surface area contributed by atoms with Crippen LogP contribution < -0.4 is 0 Å². The molecular formula is C10H12I2N4O2. The van der Waals surface area contributed by atoms with Gasteiger partial charge in [-0.25, -0.2) is 0 Å². The second kappa shape index (κ2) is 7.19. The summed E-state index contributed by atoms with van der Waals surface area (Å²) in [6.07, 6.45) is 4.19. The maximum Gasteiger partial charge on any atom is 0.169 e. The Morgan fingerprint density at radius 1 is 1.22 bits per heavy atom. The van der Waals surface area contributed by atoms with Gasteiger partial charge in [0.2, 0.25) is 0 Å². The number of aliphatic hydroxyl groups excluding tert-OH is 1. The van der Waals surface area contributed by atoms with Gasteiger partial charge in [0.05, 0.1) is 31.8 Å². The molecule has 2 rings (SSSR count). The molecule has 0 amide bonds. The maximum atomic E-state index is 10.2. The first kappa shape index (κ1) is 15.6. The van der Waals surface area contributed by atoms with Crippen molar-refractivity contribution >= 4 is 51.5 Å². The van der Waals surface area contributed by atoms with Crippen LogP contribution in [0.5, 0.6) is 0 Å². The Bertz CT molecular complexity index is 497. The SMILES string of the molecule is Cn1ncc(I)c1C=O.Cn1ncc(I)c1CO. The van der Waals surface area contributed by atoms with Gasteiger partial charge in [0, 0.05) is 14.1 Å². The molecule has 98 valence electrons. The van der Waals surface area contributed by atoms with Crippen molar-refractivity contribution in [2.45, 2.75) is 6.61 Å². The highest BCUT2D eigenvalue weighted by Gasteiger charge is 2.02. The van der Waals surface area contributed by atoms with Crippen LogP contribution in [0, 0.1) is 7.14 Å². The van der Waals surface area contributed by atoms with Gasteiger partial charge in [0.15, 0.2) is 6.29 Å². The average molecular weight is 474 g/mol. The Labute approximate surface area is 132 Å². The van der Waals surface area contributed by atoms with Gasteiger partial charge >= 0.3 is 0 Å². The van der Waals surface area contributed by atoms with Gasteiger partial charge in [-0.05, 0) is 45.2 Å². The second-order valence-electron chi connectivity index (χ2n) is 3.34. The largest absolute Gasteiger partial charge is 0.390 e. The van der Waals surface area contributed by atoms with E-state index in [1.807, 2.05) is 7.05 Å². The lowest BCUT2D eigenvalue weighted by Crippen LogP contribution is -1.98. The third-order valence-electron chi connectivity index (χ3n) is 2.21. The van der Waals surface area contributed by atoms with E-state index >= 15 is 0 Å². The molecule has 8 heteroatoms. The fraction of sp³-hybridized carbons (Fsp3) is 0.300. The molecule has 0 saturated carbocycles. The molecule has 6 nitrogen and oxygen atoms in total. The molecule has 2 aromatic rings. The Hall–Kier alpha value is -0.490. The van der Waals surface area contributed by atoms with E-state index < -0.39 is 0 Å². The summed E-state index contributed by atoms with van der Waals surface area (Å²) in [5.74, 6) is 0. The standard InChI is InChI=1S/C5H7IN2O.C5H5IN2O/c2*1-8-5(3-9)4(6)2-7-8/h2,9H,3H2,1H3;2-3H,1H3. The smallest absolute Gasteiger partial charge is 0.169 e. The number of aldehydes is 1. The summed E-state index contributed by atoms with van der Waals surface area (Å²) in [6, 6.07) is 0. The molecule has 1 N–H and O–H groups in total. The molecule has 0 unspecified atom stereocenters. The fourth-order valence-corrected chi connectivity index (χ4v) is 2.41. The van der Waals surface area contributed by atoms with Gasteiger partial charge in [0.1, 0.15) is 5.69 Å². The lowest BCUT2D eigenvalue weighted by atomic mass is 10.5. The number of carbonyl (C=O) groups is 1. The van der Waals surface area contributed by atoms with Crippen molar-refractivity contribution in [2.75, 3.05) is 0 Å². The molecule has 0 aliphatic rings. The summed E-state index contributed by atoms with van der Waals surface area (Å²) in [5.41, 5.74) is 1.51. The normalized spacial score (nSPS) is 9.83. The van der Waals surface area contributed by atoms with Crippen molar-refractivity contribution < 1.29 is 9.90 Å². The van der Waals surface area contributed by atoms with E-state index in [9.17, 15) is 4.79 Å². The lowest BCUT2D eigenvalue weighted by molar-refractivity contribution is 0.111. The quantitative estimate of drug-likeness (QED) is 0.528. The Kier molecular flexibility index (Phi) is 6.21. The number of carbonyl (C=O) groups excluding carboxylic acids is 1. The highest BCUT2D eigenvalue weighted by molar-refractivity contribution is 14.1. The van der Waals surface area contributed by atoms with Crippen LogP contribution in [0.25, 0.3) is 0 Å². The van der Waals surface area contributed by atoms with E-state index in [0.717, 1.165) is 19.1 Å². The van der Waals surface area contributed by atoms with Crippen LogP contribution in [0.3, 0.4) is 0 Å². The monoisotopic (exact) mass is 474 g/mol.